The molecule has 3 aromatic carbocycles. The van der Waals surface area contributed by atoms with E-state index in [9.17, 15) is 22.4 Å². The summed E-state index contributed by atoms with van der Waals surface area (Å²) < 4.78 is 42.6. The van der Waals surface area contributed by atoms with Crippen LogP contribution in [0.2, 0.25) is 5.02 Å². The standard InChI is InChI=1S/C32H37ClFN3O4S/c1-3-30(32(39)35-27-7-5-4-6-8-27)36(21-24-11-13-25(33)14-12-24)31(38)22-37(28-17-15-26(34)16-18-28)42(40,41)29-19-9-23(2)10-20-29/h9-20,27,30H,3-8,21-22H2,1-2H3,(H,35,39)/t30-/m1/s1. The number of sulfonamides is 1. The van der Waals surface area contributed by atoms with E-state index in [1.165, 1.54) is 29.2 Å². The number of anilines is 1. The molecule has 10 heteroatoms. The lowest BCUT2D eigenvalue weighted by Crippen LogP contribution is -2.54. The van der Waals surface area contributed by atoms with Crippen LogP contribution in [0.4, 0.5) is 10.1 Å². The number of hydrogen-bond acceptors (Lipinski definition) is 4. The van der Waals surface area contributed by atoms with Crippen molar-refractivity contribution in [1.29, 1.82) is 0 Å². The van der Waals surface area contributed by atoms with Gasteiger partial charge in [-0.05, 0) is 80.3 Å². The molecule has 0 aliphatic heterocycles. The lowest BCUT2D eigenvalue weighted by atomic mass is 9.95. The number of hydrogen-bond donors (Lipinski definition) is 1. The van der Waals surface area contributed by atoms with Crippen LogP contribution in [0.3, 0.4) is 0 Å². The molecule has 1 saturated carbocycles. The lowest BCUT2D eigenvalue weighted by molar-refractivity contribution is -0.140. The third-order valence-electron chi connectivity index (χ3n) is 7.61. The molecule has 0 heterocycles. The summed E-state index contributed by atoms with van der Waals surface area (Å²) in [6.45, 7) is 3.17. The number of carbonyl (C=O) groups is 2. The van der Waals surface area contributed by atoms with E-state index in [2.05, 4.69) is 5.32 Å². The van der Waals surface area contributed by atoms with Crippen LogP contribution in [0.25, 0.3) is 0 Å². The van der Waals surface area contributed by atoms with Crippen molar-refractivity contribution in [2.75, 3.05) is 10.8 Å². The van der Waals surface area contributed by atoms with Crippen molar-refractivity contribution in [2.45, 2.75) is 75.9 Å². The fourth-order valence-electron chi connectivity index (χ4n) is 5.22. The Morgan fingerprint density at radius 1 is 0.952 bits per heavy atom. The molecule has 42 heavy (non-hydrogen) atoms. The molecular formula is C32H37ClFN3O4S. The van der Waals surface area contributed by atoms with Gasteiger partial charge in [-0.25, -0.2) is 12.8 Å². The second-order valence-corrected chi connectivity index (χ2v) is 13.0. The molecule has 7 nitrogen and oxygen atoms in total. The summed E-state index contributed by atoms with van der Waals surface area (Å²) in [5.74, 6) is -1.36. The molecule has 4 rings (SSSR count). The third kappa shape index (κ3) is 7.89. The highest BCUT2D eigenvalue weighted by Gasteiger charge is 2.34. The minimum atomic E-state index is -4.22. The second-order valence-electron chi connectivity index (χ2n) is 10.7. The van der Waals surface area contributed by atoms with Gasteiger partial charge < -0.3 is 10.2 Å². The van der Waals surface area contributed by atoms with Crippen molar-refractivity contribution in [1.82, 2.24) is 10.2 Å². The third-order valence-corrected chi connectivity index (χ3v) is 9.65. The number of amides is 2. The Kier molecular flexibility index (Phi) is 10.6. The summed E-state index contributed by atoms with van der Waals surface area (Å²) in [6.07, 6.45) is 5.33. The SMILES string of the molecule is CC[C@H](C(=O)NC1CCCCC1)N(Cc1ccc(Cl)cc1)C(=O)CN(c1ccc(F)cc1)S(=O)(=O)c1ccc(C)cc1. The van der Waals surface area contributed by atoms with Crippen LogP contribution in [0.15, 0.2) is 77.7 Å². The Balaban J connectivity index is 1.69. The van der Waals surface area contributed by atoms with Crippen molar-refractivity contribution in [3.8, 4) is 0 Å². The van der Waals surface area contributed by atoms with Gasteiger partial charge >= 0.3 is 0 Å². The minimum absolute atomic E-state index is 0.00319. The quantitative estimate of drug-likeness (QED) is 0.277. The van der Waals surface area contributed by atoms with Crippen molar-refractivity contribution in [3.63, 3.8) is 0 Å². The number of rotatable bonds is 11. The molecule has 0 spiro atoms. The van der Waals surface area contributed by atoms with Crippen LogP contribution in [-0.2, 0) is 26.2 Å². The Morgan fingerprint density at radius 2 is 1.57 bits per heavy atom. The van der Waals surface area contributed by atoms with E-state index in [1.807, 2.05) is 13.8 Å². The van der Waals surface area contributed by atoms with Gasteiger partial charge in [0.05, 0.1) is 10.6 Å². The number of benzene rings is 3. The maximum atomic E-state index is 14.1. The van der Waals surface area contributed by atoms with Gasteiger partial charge in [-0.3, -0.25) is 13.9 Å². The Morgan fingerprint density at radius 3 is 2.17 bits per heavy atom. The number of aryl methyl sites for hydroxylation is 1. The van der Waals surface area contributed by atoms with Gasteiger partial charge in [-0.1, -0.05) is 67.6 Å². The molecule has 0 aromatic heterocycles. The highest BCUT2D eigenvalue weighted by molar-refractivity contribution is 7.92. The molecule has 1 fully saturated rings. The van der Waals surface area contributed by atoms with E-state index in [0.29, 0.717) is 11.4 Å². The first-order valence-electron chi connectivity index (χ1n) is 14.3. The largest absolute Gasteiger partial charge is 0.352 e. The van der Waals surface area contributed by atoms with Gasteiger partial charge in [0.25, 0.3) is 10.0 Å². The molecule has 2 amide bonds. The van der Waals surface area contributed by atoms with Crippen molar-refractivity contribution in [3.05, 3.63) is 94.8 Å². The fourth-order valence-corrected chi connectivity index (χ4v) is 6.76. The number of nitrogens with one attached hydrogen (secondary N) is 1. The van der Waals surface area contributed by atoms with Crippen LogP contribution in [0.1, 0.15) is 56.6 Å². The van der Waals surface area contributed by atoms with Gasteiger partial charge in [0.15, 0.2) is 0 Å². The number of nitrogens with zero attached hydrogens (tertiary/aromatic N) is 2. The smallest absolute Gasteiger partial charge is 0.264 e. The second kappa shape index (κ2) is 14.2. The van der Waals surface area contributed by atoms with Crippen LogP contribution in [0.5, 0.6) is 0 Å². The first kappa shape index (κ1) is 31.5. The van der Waals surface area contributed by atoms with Crippen molar-refractivity contribution >= 4 is 39.1 Å². The summed E-state index contributed by atoms with van der Waals surface area (Å²) in [5, 5.41) is 3.66. The first-order valence-corrected chi connectivity index (χ1v) is 16.1. The molecule has 1 N–H and O–H groups in total. The van der Waals surface area contributed by atoms with E-state index < -0.39 is 34.3 Å². The van der Waals surface area contributed by atoms with E-state index in [0.717, 1.165) is 59.7 Å². The first-order chi connectivity index (χ1) is 20.1. The summed E-state index contributed by atoms with van der Waals surface area (Å²) in [6, 6.07) is 17.4. The van der Waals surface area contributed by atoms with E-state index in [1.54, 1.807) is 36.4 Å². The minimum Gasteiger partial charge on any atom is -0.352 e. The monoisotopic (exact) mass is 613 g/mol. The zero-order chi connectivity index (χ0) is 30.3. The van der Waals surface area contributed by atoms with Gasteiger partial charge in [-0.2, -0.15) is 0 Å². The van der Waals surface area contributed by atoms with Crippen LogP contribution in [-0.4, -0.2) is 43.8 Å². The van der Waals surface area contributed by atoms with Crippen LogP contribution >= 0.6 is 11.6 Å². The molecule has 1 atom stereocenters. The molecular weight excluding hydrogens is 577 g/mol. The van der Waals surface area contributed by atoms with Crippen LogP contribution in [0, 0.1) is 12.7 Å². The Hall–Kier alpha value is -3.43. The Labute approximate surface area is 252 Å². The van der Waals surface area contributed by atoms with Crippen LogP contribution < -0.4 is 9.62 Å². The summed E-state index contributed by atoms with van der Waals surface area (Å²) in [4.78, 5) is 29.1. The zero-order valence-corrected chi connectivity index (χ0v) is 25.5. The number of halogens is 2. The van der Waals surface area contributed by atoms with Gasteiger partial charge in [0.1, 0.15) is 18.4 Å². The average molecular weight is 614 g/mol. The van der Waals surface area contributed by atoms with E-state index >= 15 is 0 Å². The van der Waals surface area contributed by atoms with Crippen molar-refractivity contribution < 1.29 is 22.4 Å². The maximum absolute atomic E-state index is 14.1. The predicted octanol–water partition coefficient (Wildman–Crippen LogP) is 6.24. The van der Waals surface area contributed by atoms with Crippen molar-refractivity contribution in [2.24, 2.45) is 0 Å². The van der Waals surface area contributed by atoms with Gasteiger partial charge in [-0.15, -0.1) is 0 Å². The topological polar surface area (TPSA) is 86.8 Å². The average Bonchev–Trinajstić information content (AvgIpc) is 2.98. The maximum Gasteiger partial charge on any atom is 0.264 e. The molecule has 3 aromatic rings. The molecule has 0 radical (unpaired) electrons. The van der Waals surface area contributed by atoms with Gasteiger partial charge in [0, 0.05) is 17.6 Å². The van der Waals surface area contributed by atoms with E-state index in [-0.39, 0.29) is 29.1 Å². The molecule has 1 aliphatic rings. The summed E-state index contributed by atoms with van der Waals surface area (Å²) in [7, 11) is -4.22. The predicted molar refractivity (Wildman–Crippen MR) is 163 cm³/mol. The highest BCUT2D eigenvalue weighted by atomic mass is 35.5. The fraction of sp³-hybridized carbons (Fsp3) is 0.375. The molecule has 0 unspecified atom stereocenters. The normalized spacial score (nSPS) is 14.7. The van der Waals surface area contributed by atoms with E-state index in [4.69, 9.17) is 11.6 Å². The zero-order valence-electron chi connectivity index (χ0n) is 23.9. The molecule has 0 saturated heterocycles. The molecule has 1 aliphatic carbocycles. The number of carbonyl (C=O) groups excluding carboxylic acids is 2. The Bertz CT molecular complexity index is 1460. The van der Waals surface area contributed by atoms with Gasteiger partial charge in [0.2, 0.25) is 11.8 Å². The molecule has 224 valence electrons. The summed E-state index contributed by atoms with van der Waals surface area (Å²) in [5.41, 5.74) is 1.75. The summed E-state index contributed by atoms with van der Waals surface area (Å²) >= 11 is 6.08. The highest BCUT2D eigenvalue weighted by Crippen LogP contribution is 2.26. The lowest BCUT2D eigenvalue weighted by Gasteiger charge is -2.34. The molecule has 0 bridgehead atoms.